The van der Waals surface area contributed by atoms with Crippen LogP contribution >= 0.6 is 0 Å². The number of carbonyl (C=O) groups excluding carboxylic acids is 2. The number of hydrogen-bond acceptors (Lipinski definition) is 11. The summed E-state index contributed by atoms with van der Waals surface area (Å²) in [6.07, 6.45) is -0.798. The minimum Gasteiger partial charge on any atom is -0.504 e. The highest BCUT2D eigenvalue weighted by atomic mass is 16.6. The van der Waals surface area contributed by atoms with Gasteiger partial charge in [-0.15, -0.1) is 0 Å². The molecular weight excluding hydrogens is 528 g/mol. The van der Waals surface area contributed by atoms with Gasteiger partial charge in [0.15, 0.2) is 34.5 Å². The molecule has 0 unspecified atom stereocenters. The van der Waals surface area contributed by atoms with Gasteiger partial charge in [-0.3, -0.25) is 4.79 Å². The average molecular weight is 552 g/mol. The van der Waals surface area contributed by atoms with Crippen LogP contribution in [-0.2, 0) is 30.3 Å². The zero-order chi connectivity index (χ0) is 29.1. The minimum atomic E-state index is -1.62. The van der Waals surface area contributed by atoms with Gasteiger partial charge in [-0.05, 0) is 53.1 Å². The van der Waals surface area contributed by atoms with E-state index in [1.165, 1.54) is 48.5 Å². The maximum Gasteiger partial charge on any atom is 0.345 e. The predicted octanol–water partition coefficient (Wildman–Crippen LogP) is 2.86. The number of benzene rings is 3. The van der Waals surface area contributed by atoms with Crippen molar-refractivity contribution in [1.29, 1.82) is 0 Å². The number of fused-ring (bicyclic) bond motifs is 1. The lowest BCUT2D eigenvalue weighted by Gasteiger charge is -2.18. The summed E-state index contributed by atoms with van der Waals surface area (Å²) >= 11 is 0. The highest BCUT2D eigenvalue weighted by Gasteiger charge is 2.44. The van der Waals surface area contributed by atoms with Crippen LogP contribution in [0, 0.1) is 0 Å². The van der Waals surface area contributed by atoms with Crippen molar-refractivity contribution >= 4 is 24.0 Å². The fourth-order valence-electron chi connectivity index (χ4n) is 4.31. The first kappa shape index (κ1) is 27.6. The monoisotopic (exact) mass is 552 g/mol. The van der Waals surface area contributed by atoms with Crippen molar-refractivity contribution in [2.75, 3.05) is 7.11 Å². The Hall–Kier alpha value is -5.39. The maximum atomic E-state index is 12.8. The van der Waals surface area contributed by atoms with Crippen LogP contribution in [0.2, 0.25) is 0 Å². The second-order valence-electron chi connectivity index (χ2n) is 8.83. The molecule has 12 heteroatoms. The number of phenolic OH excluding ortho intramolecular Hbond substituents is 5. The van der Waals surface area contributed by atoms with Crippen molar-refractivity contribution < 1.29 is 59.2 Å². The number of aliphatic carboxylic acids is 1. The van der Waals surface area contributed by atoms with E-state index in [-0.39, 0.29) is 34.8 Å². The van der Waals surface area contributed by atoms with Crippen LogP contribution in [0.15, 0.2) is 54.6 Å². The van der Waals surface area contributed by atoms with Gasteiger partial charge in [0.1, 0.15) is 12.0 Å². The molecule has 40 heavy (non-hydrogen) atoms. The van der Waals surface area contributed by atoms with Gasteiger partial charge >= 0.3 is 17.9 Å². The Balaban J connectivity index is 1.61. The van der Waals surface area contributed by atoms with E-state index in [9.17, 15) is 45.0 Å². The molecule has 1 heterocycles. The molecule has 0 saturated heterocycles. The van der Waals surface area contributed by atoms with E-state index < -0.39 is 53.3 Å². The Morgan fingerprint density at radius 3 is 2.17 bits per heavy atom. The minimum absolute atomic E-state index is 0.0703. The Labute approximate surface area is 226 Å². The third kappa shape index (κ3) is 5.55. The molecule has 0 aliphatic carbocycles. The van der Waals surface area contributed by atoms with Crippen molar-refractivity contribution in [1.82, 2.24) is 0 Å². The van der Waals surface area contributed by atoms with E-state index in [1.54, 1.807) is 0 Å². The van der Waals surface area contributed by atoms with Crippen LogP contribution in [0.1, 0.15) is 34.3 Å². The number of esters is 2. The third-order valence-corrected chi connectivity index (χ3v) is 6.24. The molecule has 3 aromatic rings. The highest BCUT2D eigenvalue weighted by Crippen LogP contribution is 2.52. The second-order valence-corrected chi connectivity index (χ2v) is 8.83. The number of aromatic hydroxyl groups is 5. The topological polar surface area (TPSA) is 200 Å². The molecule has 0 fully saturated rings. The van der Waals surface area contributed by atoms with Crippen LogP contribution in [0.3, 0.4) is 0 Å². The van der Waals surface area contributed by atoms with Crippen LogP contribution in [0.25, 0.3) is 6.08 Å². The van der Waals surface area contributed by atoms with Crippen molar-refractivity contribution in [3.8, 4) is 34.5 Å². The molecule has 0 radical (unpaired) electrons. The SMILES string of the molecule is COC(=O)[C@H]1c2c(/C=C/C(=O)O[C@H](Cc3ccc(O)c(O)c3)C(=O)O)ccc(O)c2O[C@@H]1c1ccc(O)c(O)c1. The summed E-state index contributed by atoms with van der Waals surface area (Å²) in [6, 6.07) is 10.2. The van der Waals surface area contributed by atoms with Crippen LogP contribution in [-0.4, -0.2) is 61.8 Å². The summed E-state index contributed by atoms with van der Waals surface area (Å²) in [4.78, 5) is 37.1. The molecule has 208 valence electrons. The van der Waals surface area contributed by atoms with Crippen LogP contribution in [0.4, 0.5) is 0 Å². The van der Waals surface area contributed by atoms with Crippen LogP contribution in [0.5, 0.6) is 34.5 Å². The summed E-state index contributed by atoms with van der Waals surface area (Å²) in [5.74, 6) is -6.46. The Bertz CT molecular complexity index is 1510. The number of rotatable bonds is 8. The van der Waals surface area contributed by atoms with Gasteiger partial charge < -0.3 is 44.8 Å². The Kier molecular flexibility index (Phi) is 7.71. The zero-order valence-electron chi connectivity index (χ0n) is 20.8. The molecule has 3 aromatic carbocycles. The van der Waals surface area contributed by atoms with E-state index in [4.69, 9.17) is 14.2 Å². The normalized spacial score (nSPS) is 16.6. The smallest absolute Gasteiger partial charge is 0.345 e. The number of carboxylic acids is 1. The molecule has 1 aliphatic heterocycles. The number of phenols is 5. The molecule has 1 aliphatic rings. The summed E-state index contributed by atoms with van der Waals surface area (Å²) in [5.41, 5.74) is 1.00. The molecular formula is C28H24O12. The number of hydrogen-bond donors (Lipinski definition) is 6. The summed E-state index contributed by atoms with van der Waals surface area (Å²) in [5, 5.41) is 58.6. The van der Waals surface area contributed by atoms with Gasteiger partial charge in [0.2, 0.25) is 6.10 Å². The van der Waals surface area contributed by atoms with Crippen molar-refractivity contribution in [2.45, 2.75) is 24.5 Å². The van der Waals surface area contributed by atoms with E-state index >= 15 is 0 Å². The first-order valence-electron chi connectivity index (χ1n) is 11.7. The zero-order valence-corrected chi connectivity index (χ0v) is 20.8. The first-order chi connectivity index (χ1) is 19.0. The average Bonchev–Trinajstić information content (AvgIpc) is 3.33. The van der Waals surface area contributed by atoms with Gasteiger partial charge in [0.05, 0.1) is 7.11 Å². The predicted molar refractivity (Wildman–Crippen MR) is 136 cm³/mol. The summed E-state index contributed by atoms with van der Waals surface area (Å²) in [7, 11) is 1.15. The lowest BCUT2D eigenvalue weighted by Crippen LogP contribution is -2.28. The first-order valence-corrected chi connectivity index (χ1v) is 11.7. The third-order valence-electron chi connectivity index (χ3n) is 6.24. The van der Waals surface area contributed by atoms with Crippen molar-refractivity contribution in [3.63, 3.8) is 0 Å². The summed E-state index contributed by atoms with van der Waals surface area (Å²) < 4.78 is 15.9. The molecule has 4 rings (SSSR count). The fraction of sp³-hybridized carbons (Fsp3) is 0.179. The lowest BCUT2D eigenvalue weighted by atomic mass is 9.87. The van der Waals surface area contributed by atoms with Crippen LogP contribution < -0.4 is 4.74 Å². The molecule has 0 spiro atoms. The van der Waals surface area contributed by atoms with Gasteiger partial charge in [0.25, 0.3) is 0 Å². The largest absolute Gasteiger partial charge is 0.504 e. The Morgan fingerprint density at radius 1 is 0.900 bits per heavy atom. The second kappa shape index (κ2) is 11.2. The van der Waals surface area contributed by atoms with Crippen molar-refractivity contribution in [2.24, 2.45) is 0 Å². The van der Waals surface area contributed by atoms with Crippen molar-refractivity contribution in [3.05, 3.63) is 76.9 Å². The molecule has 12 nitrogen and oxygen atoms in total. The van der Waals surface area contributed by atoms with E-state index in [0.29, 0.717) is 11.1 Å². The highest BCUT2D eigenvalue weighted by molar-refractivity contribution is 5.91. The van der Waals surface area contributed by atoms with Gasteiger partial charge in [-0.25, -0.2) is 9.59 Å². The Morgan fingerprint density at radius 2 is 1.55 bits per heavy atom. The molecule has 0 amide bonds. The van der Waals surface area contributed by atoms with Gasteiger partial charge in [-0.1, -0.05) is 18.2 Å². The summed E-state index contributed by atoms with van der Waals surface area (Å²) in [6.45, 7) is 0. The molecule has 6 N–H and O–H groups in total. The molecule has 0 saturated carbocycles. The number of ether oxygens (including phenoxy) is 3. The van der Waals surface area contributed by atoms with E-state index in [2.05, 4.69) is 0 Å². The quantitative estimate of drug-likeness (QED) is 0.136. The number of methoxy groups -OCH3 is 1. The van der Waals surface area contributed by atoms with Gasteiger partial charge in [0, 0.05) is 18.1 Å². The standard InChI is InChI=1S/C28H24O12/c1-38-28(37)24-23-14(3-8-18(31)26(23)40-25(24)15-4-7-17(30)20(33)12-15)5-9-22(34)39-21(27(35)36)11-13-2-6-16(29)19(32)10-13/h2-10,12,21,24-25,29-33H,11H2,1H3,(H,35,36)/b9-5+/t21-,24+,25-/m1/s1. The lowest BCUT2D eigenvalue weighted by molar-refractivity contribution is -0.160. The number of carboxylic acid groups (broad SMARTS) is 1. The molecule has 0 bridgehead atoms. The molecule has 0 aromatic heterocycles. The van der Waals surface area contributed by atoms with Gasteiger partial charge in [-0.2, -0.15) is 0 Å². The number of carbonyl (C=O) groups is 3. The van der Waals surface area contributed by atoms with E-state index in [1.807, 2.05) is 0 Å². The fourth-order valence-corrected chi connectivity index (χ4v) is 4.31. The molecule has 3 atom stereocenters. The van der Waals surface area contributed by atoms with E-state index in [0.717, 1.165) is 19.3 Å². The maximum absolute atomic E-state index is 12.8.